The maximum atomic E-state index is 14.5. The number of hydrogen-bond acceptors (Lipinski definition) is 7. The molecule has 0 amide bonds. The minimum atomic E-state index is -0.543. The van der Waals surface area contributed by atoms with Gasteiger partial charge in [-0.25, -0.2) is 14.4 Å². The van der Waals surface area contributed by atoms with Gasteiger partial charge in [-0.15, -0.1) is 0 Å². The van der Waals surface area contributed by atoms with Crippen LogP contribution in [-0.2, 0) is 4.79 Å². The molecule has 1 aromatic heterocycles. The average Bonchev–Trinajstić information content (AvgIpc) is 3.41. The molecule has 1 aliphatic heterocycles. The Morgan fingerprint density at radius 2 is 1.97 bits per heavy atom. The molecule has 1 saturated carbocycles. The minimum absolute atomic E-state index is 0.0315. The number of aromatic nitrogens is 2. The zero-order chi connectivity index (χ0) is 25.9. The summed E-state index contributed by atoms with van der Waals surface area (Å²) in [7, 11) is 1.60. The summed E-state index contributed by atoms with van der Waals surface area (Å²) in [5.41, 5.74) is 0.874. The first-order valence-corrected chi connectivity index (χ1v) is 13.3. The Labute approximate surface area is 221 Å². The summed E-state index contributed by atoms with van der Waals surface area (Å²) >= 11 is 5.95. The molecule has 37 heavy (non-hydrogen) atoms. The van der Waals surface area contributed by atoms with Crippen LogP contribution in [0.2, 0.25) is 5.02 Å². The lowest BCUT2D eigenvalue weighted by molar-refractivity contribution is -0.124. The molecule has 1 aliphatic carbocycles. The van der Waals surface area contributed by atoms with Gasteiger partial charge in [0.1, 0.15) is 17.9 Å². The predicted molar refractivity (Wildman–Crippen MR) is 142 cm³/mol. The molecule has 3 aromatic rings. The predicted octanol–water partition coefficient (Wildman–Crippen LogP) is 6.31. The van der Waals surface area contributed by atoms with Crippen molar-refractivity contribution in [3.05, 3.63) is 47.5 Å². The largest absolute Gasteiger partial charge is 0.493 e. The average molecular weight is 527 g/mol. The number of benzene rings is 2. The third kappa shape index (κ3) is 5.36. The van der Waals surface area contributed by atoms with Crippen molar-refractivity contribution < 1.29 is 18.7 Å². The normalized spacial score (nSPS) is 22.2. The molecule has 196 valence electrons. The maximum Gasteiger partial charge on any atom is 0.165 e. The van der Waals surface area contributed by atoms with Gasteiger partial charge >= 0.3 is 0 Å². The van der Waals surface area contributed by atoms with E-state index in [0.29, 0.717) is 46.5 Å². The van der Waals surface area contributed by atoms with Crippen LogP contribution in [0.15, 0.2) is 36.7 Å². The van der Waals surface area contributed by atoms with Gasteiger partial charge < -0.3 is 14.8 Å². The van der Waals surface area contributed by atoms with Crippen LogP contribution in [0.25, 0.3) is 10.9 Å². The highest BCUT2D eigenvalue weighted by Gasteiger charge is 2.36. The highest BCUT2D eigenvalue weighted by molar-refractivity contribution is 6.31. The molecule has 0 radical (unpaired) electrons. The lowest BCUT2D eigenvalue weighted by atomic mass is 9.91. The van der Waals surface area contributed by atoms with E-state index < -0.39 is 5.82 Å². The molecule has 0 unspecified atom stereocenters. The molecule has 1 N–H and O–H groups in total. The van der Waals surface area contributed by atoms with Crippen LogP contribution in [0, 0.1) is 5.82 Å². The molecule has 7 nitrogen and oxygen atoms in total. The molecule has 2 aliphatic rings. The Hall–Kier alpha value is -2.97. The Balaban J connectivity index is 1.33. The van der Waals surface area contributed by atoms with Gasteiger partial charge in [0.15, 0.2) is 17.3 Å². The van der Waals surface area contributed by atoms with Crippen molar-refractivity contribution in [2.45, 2.75) is 70.1 Å². The lowest BCUT2D eigenvalue weighted by Crippen LogP contribution is -2.45. The van der Waals surface area contributed by atoms with Crippen LogP contribution in [-0.4, -0.2) is 52.5 Å². The first-order chi connectivity index (χ1) is 18.0. The van der Waals surface area contributed by atoms with Crippen molar-refractivity contribution in [1.82, 2.24) is 14.9 Å². The zero-order valence-corrected chi connectivity index (χ0v) is 21.9. The van der Waals surface area contributed by atoms with Crippen molar-refractivity contribution in [3.8, 4) is 11.5 Å². The third-order valence-corrected chi connectivity index (χ3v) is 7.84. The SMILES string of the molecule is CCC(=O)[C@H]1CCCN1C1CCC(Oc2cc3c(Nc4cccc(Cl)c4F)ncnc3cc2OC)CC1. The topological polar surface area (TPSA) is 76.6 Å². The molecule has 1 atom stereocenters. The summed E-state index contributed by atoms with van der Waals surface area (Å²) in [6.07, 6.45) is 7.94. The number of ketones is 1. The number of likely N-dealkylation sites (tertiary alicyclic amines) is 1. The Bertz CT molecular complexity index is 1280. The molecule has 9 heteroatoms. The van der Waals surface area contributed by atoms with E-state index >= 15 is 0 Å². The Morgan fingerprint density at radius 3 is 2.73 bits per heavy atom. The number of halogens is 2. The third-order valence-electron chi connectivity index (χ3n) is 7.55. The summed E-state index contributed by atoms with van der Waals surface area (Å²) in [4.78, 5) is 23.5. The van der Waals surface area contributed by atoms with Gasteiger partial charge in [-0.2, -0.15) is 0 Å². The minimum Gasteiger partial charge on any atom is -0.493 e. The second kappa shape index (κ2) is 11.2. The van der Waals surface area contributed by atoms with E-state index in [4.69, 9.17) is 21.1 Å². The first kappa shape index (κ1) is 25.7. The molecule has 1 saturated heterocycles. The van der Waals surface area contributed by atoms with Gasteiger partial charge in [-0.1, -0.05) is 24.6 Å². The molecule has 0 spiro atoms. The molecule has 2 aromatic carbocycles. The summed E-state index contributed by atoms with van der Waals surface area (Å²) in [6.45, 7) is 2.96. The summed E-state index contributed by atoms with van der Waals surface area (Å²) in [6, 6.07) is 8.95. The van der Waals surface area contributed by atoms with Crippen molar-refractivity contribution >= 4 is 39.8 Å². The second-order valence-corrected chi connectivity index (χ2v) is 10.1. The number of carbonyl (C=O) groups excluding carboxylic acids is 1. The monoisotopic (exact) mass is 526 g/mol. The molecule has 2 fully saturated rings. The van der Waals surface area contributed by atoms with Crippen LogP contribution >= 0.6 is 11.6 Å². The summed E-state index contributed by atoms with van der Waals surface area (Å²) < 4.78 is 26.6. The zero-order valence-electron chi connectivity index (χ0n) is 21.2. The van der Waals surface area contributed by atoms with Crippen molar-refractivity contribution in [2.75, 3.05) is 19.0 Å². The van der Waals surface area contributed by atoms with Gasteiger partial charge in [-0.3, -0.25) is 9.69 Å². The first-order valence-electron chi connectivity index (χ1n) is 13.0. The molecule has 2 heterocycles. The maximum absolute atomic E-state index is 14.5. The van der Waals surface area contributed by atoms with E-state index in [1.54, 1.807) is 19.2 Å². The highest BCUT2D eigenvalue weighted by atomic mass is 35.5. The highest BCUT2D eigenvalue weighted by Crippen LogP contribution is 2.38. The van der Waals surface area contributed by atoms with Crippen molar-refractivity contribution in [3.63, 3.8) is 0 Å². The van der Waals surface area contributed by atoms with Crippen molar-refractivity contribution in [2.24, 2.45) is 0 Å². The molecule has 0 bridgehead atoms. The summed E-state index contributed by atoms with van der Waals surface area (Å²) in [5.74, 6) is 1.45. The summed E-state index contributed by atoms with van der Waals surface area (Å²) in [5, 5.41) is 3.76. The van der Waals surface area contributed by atoms with E-state index in [9.17, 15) is 9.18 Å². The Morgan fingerprint density at radius 1 is 1.16 bits per heavy atom. The number of fused-ring (bicyclic) bond motifs is 1. The van der Waals surface area contributed by atoms with Gasteiger partial charge in [0, 0.05) is 23.9 Å². The number of hydrogen-bond donors (Lipinski definition) is 1. The van der Waals surface area contributed by atoms with Gasteiger partial charge in [0.2, 0.25) is 0 Å². The van der Waals surface area contributed by atoms with Crippen LogP contribution in [0.4, 0.5) is 15.9 Å². The van der Waals surface area contributed by atoms with E-state index in [1.807, 2.05) is 19.1 Å². The number of Topliss-reactive ketones (excluding diaryl/α,β-unsaturated/α-hetero) is 1. The van der Waals surface area contributed by atoms with Crippen LogP contribution in [0.1, 0.15) is 51.9 Å². The van der Waals surface area contributed by atoms with E-state index in [1.165, 1.54) is 12.4 Å². The van der Waals surface area contributed by atoms with Gasteiger partial charge in [0.05, 0.1) is 35.5 Å². The molecule has 5 rings (SSSR count). The number of anilines is 2. The van der Waals surface area contributed by atoms with Crippen LogP contribution in [0.3, 0.4) is 0 Å². The number of carbonyl (C=O) groups is 1. The van der Waals surface area contributed by atoms with E-state index in [2.05, 4.69) is 20.2 Å². The van der Waals surface area contributed by atoms with E-state index in [0.717, 1.165) is 45.1 Å². The number of methoxy groups -OCH3 is 1. The van der Waals surface area contributed by atoms with Crippen LogP contribution < -0.4 is 14.8 Å². The molecular weight excluding hydrogens is 495 g/mol. The van der Waals surface area contributed by atoms with Crippen molar-refractivity contribution in [1.29, 1.82) is 0 Å². The van der Waals surface area contributed by atoms with Gasteiger partial charge in [-0.05, 0) is 63.3 Å². The standard InChI is InChI=1S/C28H32ClFN4O3/c1-3-24(35)23-8-5-13-34(23)17-9-11-18(12-10-17)37-26-14-19-22(15-25(26)36-2)31-16-32-28(19)33-21-7-4-6-20(29)27(21)30/h4,6-7,14-18,23H,3,5,8-13H2,1-2H3,(H,31,32,33)/t17?,18?,23-/m1/s1. The molecular formula is C28H32ClFN4O3. The van der Waals surface area contributed by atoms with E-state index in [-0.39, 0.29) is 22.9 Å². The smallest absolute Gasteiger partial charge is 0.165 e. The lowest BCUT2D eigenvalue weighted by Gasteiger charge is -2.37. The number of ether oxygens (including phenoxy) is 2. The fraction of sp³-hybridized carbons (Fsp3) is 0.464. The number of rotatable bonds is 8. The fourth-order valence-corrected chi connectivity index (χ4v) is 5.80. The van der Waals surface area contributed by atoms with Crippen LogP contribution in [0.5, 0.6) is 11.5 Å². The quantitative estimate of drug-likeness (QED) is 0.368. The number of nitrogens with one attached hydrogen (secondary N) is 1. The fourth-order valence-electron chi connectivity index (χ4n) is 5.62. The number of nitrogens with zero attached hydrogens (tertiary/aromatic N) is 3. The van der Waals surface area contributed by atoms with Gasteiger partial charge in [0.25, 0.3) is 0 Å². The second-order valence-electron chi connectivity index (χ2n) is 9.73. The Kier molecular flexibility index (Phi) is 7.76.